The molecule has 0 radical (unpaired) electrons. The van der Waals surface area contributed by atoms with Crippen molar-refractivity contribution in [3.63, 3.8) is 0 Å². The zero-order valence-electron chi connectivity index (χ0n) is 12.1. The van der Waals surface area contributed by atoms with E-state index in [1.54, 1.807) is 11.3 Å². The van der Waals surface area contributed by atoms with Crippen LogP contribution in [0.2, 0.25) is 0 Å². The van der Waals surface area contributed by atoms with Gasteiger partial charge in [0.1, 0.15) is 10.6 Å². The molecule has 6 nitrogen and oxygen atoms in total. The SMILES string of the molecule is CCc1cc2c(NCC3CCC(O)C3)nc(NN)nc2s1. The van der Waals surface area contributed by atoms with Gasteiger partial charge in [-0.2, -0.15) is 4.98 Å². The van der Waals surface area contributed by atoms with Crippen LogP contribution in [-0.4, -0.2) is 27.7 Å². The molecule has 7 heteroatoms. The summed E-state index contributed by atoms with van der Waals surface area (Å²) in [5, 5.41) is 14.1. The molecule has 2 aromatic rings. The Morgan fingerprint density at radius 3 is 2.95 bits per heavy atom. The second-order valence-corrected chi connectivity index (χ2v) is 6.65. The van der Waals surface area contributed by atoms with E-state index in [2.05, 4.69) is 33.7 Å². The first-order valence-electron chi connectivity index (χ1n) is 7.38. The number of aliphatic hydroxyl groups is 1. The van der Waals surface area contributed by atoms with Gasteiger partial charge in [0.2, 0.25) is 5.95 Å². The van der Waals surface area contributed by atoms with Gasteiger partial charge in [-0.25, -0.2) is 10.8 Å². The predicted octanol–water partition coefficient (Wildman–Crippen LogP) is 2.11. The lowest BCUT2D eigenvalue weighted by atomic mass is 10.1. The van der Waals surface area contributed by atoms with Crippen LogP contribution in [0.5, 0.6) is 0 Å². The Bertz CT molecular complexity index is 629. The van der Waals surface area contributed by atoms with Crippen LogP contribution in [-0.2, 0) is 6.42 Å². The number of fused-ring (bicyclic) bond motifs is 1. The van der Waals surface area contributed by atoms with E-state index < -0.39 is 0 Å². The minimum Gasteiger partial charge on any atom is -0.393 e. The molecule has 3 rings (SSSR count). The number of aliphatic hydroxyl groups excluding tert-OH is 1. The van der Waals surface area contributed by atoms with Crippen LogP contribution in [0.1, 0.15) is 31.1 Å². The molecule has 2 aromatic heterocycles. The van der Waals surface area contributed by atoms with Crippen molar-refractivity contribution >= 4 is 33.3 Å². The lowest BCUT2D eigenvalue weighted by Crippen LogP contribution is -2.15. The molecule has 0 amide bonds. The Kier molecular flexibility index (Phi) is 4.23. The van der Waals surface area contributed by atoms with Gasteiger partial charge in [-0.15, -0.1) is 11.3 Å². The number of hydrazine groups is 1. The van der Waals surface area contributed by atoms with E-state index in [0.717, 1.165) is 48.3 Å². The number of hydrogen-bond acceptors (Lipinski definition) is 7. The topological polar surface area (TPSA) is 96.1 Å². The fourth-order valence-corrected chi connectivity index (χ4v) is 3.79. The molecule has 1 aliphatic rings. The van der Waals surface area contributed by atoms with E-state index in [1.165, 1.54) is 4.88 Å². The lowest BCUT2D eigenvalue weighted by Gasteiger charge is -2.12. The molecule has 5 N–H and O–H groups in total. The second kappa shape index (κ2) is 6.13. The van der Waals surface area contributed by atoms with Crippen molar-refractivity contribution in [3.8, 4) is 0 Å². The fraction of sp³-hybridized carbons (Fsp3) is 0.571. The molecule has 21 heavy (non-hydrogen) atoms. The monoisotopic (exact) mass is 307 g/mol. The van der Waals surface area contributed by atoms with Gasteiger partial charge in [0.25, 0.3) is 0 Å². The summed E-state index contributed by atoms with van der Waals surface area (Å²) in [6.45, 7) is 2.96. The molecule has 1 aliphatic carbocycles. The first kappa shape index (κ1) is 14.5. The van der Waals surface area contributed by atoms with Crippen LogP contribution in [0.15, 0.2) is 6.07 Å². The van der Waals surface area contributed by atoms with Crippen molar-refractivity contribution in [2.45, 2.75) is 38.7 Å². The van der Waals surface area contributed by atoms with Crippen molar-refractivity contribution in [1.82, 2.24) is 9.97 Å². The standard InChI is InChI=1S/C14H21N5OS/c1-2-10-6-11-12(16-7-8-3-4-9(20)5-8)17-14(19-15)18-13(11)21-10/h6,8-9,20H,2-5,7,15H2,1H3,(H2,16,17,18,19). The molecule has 0 bridgehead atoms. The van der Waals surface area contributed by atoms with Crippen LogP contribution in [0.3, 0.4) is 0 Å². The van der Waals surface area contributed by atoms with E-state index in [0.29, 0.717) is 11.9 Å². The van der Waals surface area contributed by atoms with Gasteiger partial charge in [0, 0.05) is 11.4 Å². The van der Waals surface area contributed by atoms with Crippen LogP contribution in [0, 0.1) is 5.92 Å². The third-order valence-corrected chi connectivity index (χ3v) is 5.17. The Morgan fingerprint density at radius 1 is 1.43 bits per heavy atom. The normalized spacial score (nSPS) is 21.9. The summed E-state index contributed by atoms with van der Waals surface area (Å²) in [5.41, 5.74) is 2.53. The van der Waals surface area contributed by atoms with Crippen molar-refractivity contribution < 1.29 is 5.11 Å². The molecule has 0 aromatic carbocycles. The number of rotatable bonds is 5. The Morgan fingerprint density at radius 2 is 2.29 bits per heavy atom. The molecule has 2 atom stereocenters. The van der Waals surface area contributed by atoms with Crippen molar-refractivity contribution in [2.24, 2.45) is 11.8 Å². The minimum atomic E-state index is -0.142. The molecular weight excluding hydrogens is 286 g/mol. The van der Waals surface area contributed by atoms with Gasteiger partial charge in [0.15, 0.2) is 0 Å². The average molecular weight is 307 g/mol. The van der Waals surface area contributed by atoms with Crippen molar-refractivity contribution in [2.75, 3.05) is 17.3 Å². The van der Waals surface area contributed by atoms with Gasteiger partial charge < -0.3 is 10.4 Å². The first-order valence-corrected chi connectivity index (χ1v) is 8.20. The van der Waals surface area contributed by atoms with E-state index in [1.807, 2.05) is 0 Å². The number of thiophene rings is 1. The molecular formula is C14H21N5OS. The fourth-order valence-electron chi connectivity index (χ4n) is 2.82. The maximum atomic E-state index is 9.61. The molecule has 1 fully saturated rings. The molecule has 114 valence electrons. The van der Waals surface area contributed by atoms with E-state index in [-0.39, 0.29) is 6.10 Å². The molecule has 0 saturated heterocycles. The average Bonchev–Trinajstić information content (AvgIpc) is 3.10. The zero-order chi connectivity index (χ0) is 14.8. The number of hydrogen-bond donors (Lipinski definition) is 4. The number of aryl methyl sites for hydroxylation is 1. The molecule has 0 aliphatic heterocycles. The number of nitrogens with zero attached hydrogens (tertiary/aromatic N) is 2. The summed E-state index contributed by atoms with van der Waals surface area (Å²) >= 11 is 1.67. The summed E-state index contributed by atoms with van der Waals surface area (Å²) in [5.74, 6) is 7.21. The van der Waals surface area contributed by atoms with Crippen LogP contribution >= 0.6 is 11.3 Å². The van der Waals surface area contributed by atoms with Crippen LogP contribution in [0.25, 0.3) is 10.2 Å². The van der Waals surface area contributed by atoms with E-state index >= 15 is 0 Å². The van der Waals surface area contributed by atoms with E-state index in [9.17, 15) is 5.11 Å². The molecule has 2 heterocycles. The first-order chi connectivity index (χ1) is 10.2. The summed E-state index contributed by atoms with van der Waals surface area (Å²) in [6, 6.07) is 2.14. The lowest BCUT2D eigenvalue weighted by molar-refractivity contribution is 0.178. The highest BCUT2D eigenvalue weighted by Crippen LogP contribution is 2.31. The molecule has 2 unspecified atom stereocenters. The number of aromatic nitrogens is 2. The van der Waals surface area contributed by atoms with E-state index in [4.69, 9.17) is 5.84 Å². The summed E-state index contributed by atoms with van der Waals surface area (Å²) < 4.78 is 0. The highest BCUT2D eigenvalue weighted by atomic mass is 32.1. The molecule has 0 spiro atoms. The van der Waals surface area contributed by atoms with Crippen molar-refractivity contribution in [1.29, 1.82) is 0 Å². The van der Waals surface area contributed by atoms with Gasteiger partial charge in [0.05, 0.1) is 11.5 Å². The highest BCUT2D eigenvalue weighted by Gasteiger charge is 2.23. The quantitative estimate of drug-likeness (QED) is 0.499. The van der Waals surface area contributed by atoms with Crippen LogP contribution in [0.4, 0.5) is 11.8 Å². The van der Waals surface area contributed by atoms with Gasteiger partial charge in [-0.1, -0.05) is 6.92 Å². The predicted molar refractivity (Wildman–Crippen MR) is 86.4 cm³/mol. The van der Waals surface area contributed by atoms with Crippen LogP contribution < -0.4 is 16.6 Å². The molecule has 1 saturated carbocycles. The largest absolute Gasteiger partial charge is 0.393 e. The van der Waals surface area contributed by atoms with Gasteiger partial charge >= 0.3 is 0 Å². The number of nitrogen functional groups attached to an aromatic ring is 1. The minimum absolute atomic E-state index is 0.142. The Balaban J connectivity index is 1.83. The smallest absolute Gasteiger partial charge is 0.240 e. The summed E-state index contributed by atoms with van der Waals surface area (Å²) in [6.07, 6.45) is 3.68. The van der Waals surface area contributed by atoms with Crippen molar-refractivity contribution in [3.05, 3.63) is 10.9 Å². The highest BCUT2D eigenvalue weighted by molar-refractivity contribution is 7.18. The number of nitrogens with two attached hydrogens (primary N) is 1. The second-order valence-electron chi connectivity index (χ2n) is 5.54. The third kappa shape index (κ3) is 3.09. The Labute approximate surface area is 127 Å². The third-order valence-electron chi connectivity index (χ3n) is 3.99. The Hall–Kier alpha value is -1.44. The summed E-state index contributed by atoms with van der Waals surface area (Å²) in [7, 11) is 0. The summed E-state index contributed by atoms with van der Waals surface area (Å²) in [4.78, 5) is 11.1. The van der Waals surface area contributed by atoms with Gasteiger partial charge in [-0.3, -0.25) is 5.43 Å². The zero-order valence-corrected chi connectivity index (χ0v) is 12.9. The number of nitrogens with one attached hydrogen (secondary N) is 2. The van der Waals surface area contributed by atoms with Gasteiger partial charge in [-0.05, 0) is 37.7 Å². The maximum absolute atomic E-state index is 9.61. The number of anilines is 2. The maximum Gasteiger partial charge on any atom is 0.240 e.